The lowest BCUT2D eigenvalue weighted by atomic mass is 10.1. The molecule has 1 aromatic carbocycles. The standard InChI is InChI=1S/C15H15NO5/c1-3-20-14(18)12-8-10-7-9(5-6-11(10)16-12)13(17)15(19)21-4-2/h5-8,16H,3-4H2,1-2H3. The molecule has 0 fully saturated rings. The zero-order valence-electron chi connectivity index (χ0n) is 11.8. The Morgan fingerprint density at radius 2 is 1.76 bits per heavy atom. The Bertz CT molecular complexity index is 701. The van der Waals surface area contributed by atoms with Gasteiger partial charge in [0, 0.05) is 16.5 Å². The van der Waals surface area contributed by atoms with E-state index in [1.165, 1.54) is 12.1 Å². The molecule has 0 unspecified atom stereocenters. The fourth-order valence-corrected chi connectivity index (χ4v) is 1.91. The number of fused-ring (bicyclic) bond motifs is 1. The molecule has 110 valence electrons. The number of hydrogen-bond acceptors (Lipinski definition) is 5. The summed E-state index contributed by atoms with van der Waals surface area (Å²) in [5, 5.41) is 0.646. The molecule has 1 N–H and O–H groups in total. The van der Waals surface area contributed by atoms with Crippen LogP contribution in [-0.2, 0) is 14.3 Å². The summed E-state index contributed by atoms with van der Waals surface area (Å²) in [7, 11) is 0. The van der Waals surface area contributed by atoms with Gasteiger partial charge in [-0.15, -0.1) is 0 Å². The highest BCUT2D eigenvalue weighted by molar-refractivity contribution is 6.40. The van der Waals surface area contributed by atoms with Crippen LogP contribution in [0, 0.1) is 0 Å². The van der Waals surface area contributed by atoms with Crippen molar-refractivity contribution in [3.63, 3.8) is 0 Å². The Balaban J connectivity index is 2.31. The minimum absolute atomic E-state index is 0.143. The molecular formula is C15H15NO5. The topological polar surface area (TPSA) is 85.5 Å². The van der Waals surface area contributed by atoms with Gasteiger partial charge in [-0.25, -0.2) is 9.59 Å². The zero-order chi connectivity index (χ0) is 15.4. The summed E-state index contributed by atoms with van der Waals surface area (Å²) in [5.74, 6) is -2.07. The third kappa shape index (κ3) is 3.10. The first-order valence-electron chi connectivity index (χ1n) is 6.58. The van der Waals surface area contributed by atoms with Crippen molar-refractivity contribution in [1.29, 1.82) is 0 Å². The Morgan fingerprint density at radius 1 is 1.05 bits per heavy atom. The van der Waals surface area contributed by atoms with Gasteiger partial charge in [-0.2, -0.15) is 0 Å². The van der Waals surface area contributed by atoms with Crippen molar-refractivity contribution in [3.05, 3.63) is 35.5 Å². The summed E-state index contributed by atoms with van der Waals surface area (Å²) in [4.78, 5) is 37.8. The van der Waals surface area contributed by atoms with E-state index in [0.29, 0.717) is 16.6 Å². The number of Topliss-reactive ketones (excluding diaryl/α,β-unsaturated/α-hetero) is 1. The Labute approximate surface area is 121 Å². The highest BCUT2D eigenvalue weighted by Gasteiger charge is 2.18. The number of nitrogens with one attached hydrogen (secondary N) is 1. The molecule has 0 saturated carbocycles. The smallest absolute Gasteiger partial charge is 0.379 e. The number of rotatable bonds is 5. The molecule has 0 spiro atoms. The number of aromatic amines is 1. The van der Waals surface area contributed by atoms with Crippen LogP contribution in [0.1, 0.15) is 34.7 Å². The first-order chi connectivity index (χ1) is 10.1. The molecule has 1 heterocycles. The van der Waals surface area contributed by atoms with Crippen LogP contribution >= 0.6 is 0 Å². The van der Waals surface area contributed by atoms with Crippen LogP contribution in [0.15, 0.2) is 24.3 Å². The summed E-state index contributed by atoms with van der Waals surface area (Å²) >= 11 is 0. The fourth-order valence-electron chi connectivity index (χ4n) is 1.91. The Morgan fingerprint density at radius 3 is 2.43 bits per heavy atom. The van der Waals surface area contributed by atoms with E-state index < -0.39 is 17.7 Å². The average molecular weight is 289 g/mol. The molecule has 1 aromatic heterocycles. The van der Waals surface area contributed by atoms with Gasteiger partial charge in [0.05, 0.1) is 13.2 Å². The quantitative estimate of drug-likeness (QED) is 0.517. The molecule has 0 saturated heterocycles. The number of carbonyl (C=O) groups excluding carboxylic acids is 3. The van der Waals surface area contributed by atoms with Crippen molar-refractivity contribution in [2.45, 2.75) is 13.8 Å². The molecule has 0 bridgehead atoms. The second-order valence-corrected chi connectivity index (χ2v) is 4.26. The fraction of sp³-hybridized carbons (Fsp3) is 0.267. The maximum atomic E-state index is 11.8. The maximum Gasteiger partial charge on any atom is 0.379 e. The summed E-state index contributed by atoms with van der Waals surface area (Å²) in [6.07, 6.45) is 0. The predicted octanol–water partition coefficient (Wildman–Crippen LogP) is 2.09. The number of H-pyrrole nitrogens is 1. The molecule has 2 aromatic rings. The number of ether oxygens (including phenoxy) is 2. The zero-order valence-corrected chi connectivity index (χ0v) is 11.8. The van der Waals surface area contributed by atoms with Gasteiger partial charge in [-0.1, -0.05) is 0 Å². The molecule has 6 heteroatoms. The van der Waals surface area contributed by atoms with Crippen LogP contribution in [0.25, 0.3) is 10.9 Å². The van der Waals surface area contributed by atoms with E-state index in [4.69, 9.17) is 4.74 Å². The van der Waals surface area contributed by atoms with E-state index in [9.17, 15) is 14.4 Å². The highest BCUT2D eigenvalue weighted by atomic mass is 16.5. The van der Waals surface area contributed by atoms with Crippen LogP contribution in [0.2, 0.25) is 0 Å². The molecule has 21 heavy (non-hydrogen) atoms. The van der Waals surface area contributed by atoms with E-state index in [1.54, 1.807) is 26.0 Å². The monoisotopic (exact) mass is 289 g/mol. The third-order valence-electron chi connectivity index (χ3n) is 2.84. The Hall–Kier alpha value is -2.63. The van der Waals surface area contributed by atoms with Crippen LogP contribution in [0.4, 0.5) is 0 Å². The van der Waals surface area contributed by atoms with Gasteiger partial charge >= 0.3 is 11.9 Å². The van der Waals surface area contributed by atoms with E-state index in [2.05, 4.69) is 9.72 Å². The SMILES string of the molecule is CCOC(=O)C(=O)c1ccc2[nH]c(C(=O)OCC)cc2c1. The van der Waals surface area contributed by atoms with Crippen molar-refractivity contribution in [2.24, 2.45) is 0 Å². The molecule has 0 aliphatic carbocycles. The van der Waals surface area contributed by atoms with Gasteiger partial charge < -0.3 is 14.5 Å². The van der Waals surface area contributed by atoms with Gasteiger partial charge in [-0.05, 0) is 38.1 Å². The first-order valence-corrected chi connectivity index (χ1v) is 6.58. The van der Waals surface area contributed by atoms with Gasteiger partial charge in [0.2, 0.25) is 0 Å². The molecule has 0 radical (unpaired) electrons. The number of benzene rings is 1. The van der Waals surface area contributed by atoms with Gasteiger partial charge in [0.1, 0.15) is 5.69 Å². The first kappa shape index (κ1) is 14.8. The van der Waals surface area contributed by atoms with Gasteiger partial charge in [-0.3, -0.25) is 4.79 Å². The average Bonchev–Trinajstić information content (AvgIpc) is 2.90. The van der Waals surface area contributed by atoms with Crippen molar-refractivity contribution in [3.8, 4) is 0 Å². The Kier molecular flexibility index (Phi) is 4.37. The molecule has 6 nitrogen and oxygen atoms in total. The number of esters is 2. The van der Waals surface area contributed by atoms with Crippen LogP contribution in [0.3, 0.4) is 0 Å². The number of aromatic nitrogens is 1. The second kappa shape index (κ2) is 6.21. The van der Waals surface area contributed by atoms with Crippen molar-refractivity contribution in [2.75, 3.05) is 13.2 Å². The number of hydrogen-bond donors (Lipinski definition) is 1. The summed E-state index contributed by atoms with van der Waals surface area (Å²) in [5.41, 5.74) is 1.20. The van der Waals surface area contributed by atoms with E-state index in [-0.39, 0.29) is 18.8 Å². The molecule has 0 aliphatic rings. The van der Waals surface area contributed by atoms with Crippen molar-refractivity contribution >= 4 is 28.6 Å². The van der Waals surface area contributed by atoms with Gasteiger partial charge in [0.25, 0.3) is 5.78 Å². The predicted molar refractivity (Wildman–Crippen MR) is 75.2 cm³/mol. The molecule has 0 amide bonds. The van der Waals surface area contributed by atoms with Crippen LogP contribution < -0.4 is 0 Å². The normalized spacial score (nSPS) is 10.4. The van der Waals surface area contributed by atoms with E-state index >= 15 is 0 Å². The number of carbonyl (C=O) groups is 3. The lowest BCUT2D eigenvalue weighted by Gasteiger charge is -2.00. The van der Waals surface area contributed by atoms with Crippen molar-refractivity contribution < 1.29 is 23.9 Å². The number of ketones is 1. The third-order valence-corrected chi connectivity index (χ3v) is 2.84. The molecule has 0 aliphatic heterocycles. The summed E-state index contributed by atoms with van der Waals surface area (Å²) < 4.78 is 9.57. The van der Waals surface area contributed by atoms with Crippen LogP contribution in [0.5, 0.6) is 0 Å². The minimum atomic E-state index is -0.891. The van der Waals surface area contributed by atoms with Crippen LogP contribution in [-0.4, -0.2) is 35.9 Å². The minimum Gasteiger partial charge on any atom is -0.461 e. The highest BCUT2D eigenvalue weighted by Crippen LogP contribution is 2.18. The van der Waals surface area contributed by atoms with Crippen molar-refractivity contribution in [1.82, 2.24) is 4.98 Å². The van der Waals surface area contributed by atoms with E-state index in [1.807, 2.05) is 0 Å². The summed E-state index contributed by atoms with van der Waals surface area (Å²) in [6, 6.07) is 6.25. The lowest BCUT2D eigenvalue weighted by molar-refractivity contribution is -0.137. The van der Waals surface area contributed by atoms with E-state index in [0.717, 1.165) is 0 Å². The molecule has 0 atom stereocenters. The lowest BCUT2D eigenvalue weighted by Crippen LogP contribution is -2.17. The van der Waals surface area contributed by atoms with Gasteiger partial charge in [0.15, 0.2) is 0 Å². The summed E-state index contributed by atoms with van der Waals surface area (Å²) in [6.45, 7) is 3.77. The second-order valence-electron chi connectivity index (χ2n) is 4.26. The molecular weight excluding hydrogens is 274 g/mol. The molecule has 2 rings (SSSR count). The largest absolute Gasteiger partial charge is 0.461 e. The maximum absolute atomic E-state index is 11.8.